The molecule has 7 heteroatoms. The summed E-state index contributed by atoms with van der Waals surface area (Å²) in [6, 6.07) is 9.55. The van der Waals surface area contributed by atoms with Crippen molar-refractivity contribution in [2.45, 2.75) is 45.1 Å². The van der Waals surface area contributed by atoms with E-state index in [1.165, 1.54) is 0 Å². The number of nitrogens with one attached hydrogen (secondary N) is 2. The van der Waals surface area contributed by atoms with Crippen LogP contribution in [0.3, 0.4) is 0 Å². The fourth-order valence-corrected chi connectivity index (χ4v) is 3.86. The van der Waals surface area contributed by atoms with Crippen molar-refractivity contribution in [1.82, 2.24) is 20.1 Å². The van der Waals surface area contributed by atoms with Crippen LogP contribution in [0.15, 0.2) is 30.3 Å². The molecule has 2 aromatic heterocycles. The molecular formula is C23H25N5O2. The predicted molar refractivity (Wildman–Crippen MR) is 114 cm³/mol. The highest BCUT2D eigenvalue weighted by atomic mass is 16.2. The van der Waals surface area contributed by atoms with Gasteiger partial charge in [-0.2, -0.15) is 5.10 Å². The largest absolute Gasteiger partial charge is 0.348 e. The second-order valence-corrected chi connectivity index (χ2v) is 8.42. The van der Waals surface area contributed by atoms with Gasteiger partial charge >= 0.3 is 0 Å². The zero-order valence-corrected chi connectivity index (χ0v) is 17.2. The number of carbonyl (C=O) groups excluding carboxylic acids is 2. The summed E-state index contributed by atoms with van der Waals surface area (Å²) in [5.74, 6) is 0.552. The lowest BCUT2D eigenvalue weighted by Gasteiger charge is -2.10. The molecule has 2 N–H and O–H groups in total. The molecule has 2 fully saturated rings. The van der Waals surface area contributed by atoms with Gasteiger partial charge in [0.1, 0.15) is 0 Å². The quantitative estimate of drug-likeness (QED) is 0.660. The lowest BCUT2D eigenvalue weighted by atomic mass is 10.1. The fourth-order valence-electron chi connectivity index (χ4n) is 3.86. The topological polar surface area (TPSA) is 88.9 Å². The van der Waals surface area contributed by atoms with E-state index in [1.807, 2.05) is 44.3 Å². The van der Waals surface area contributed by atoms with Gasteiger partial charge in [-0.1, -0.05) is 12.1 Å². The molecule has 0 spiro atoms. The monoisotopic (exact) mass is 403 g/mol. The molecule has 2 aliphatic carbocycles. The third kappa shape index (κ3) is 3.67. The number of nitrogens with zero attached hydrogens (tertiary/aromatic N) is 3. The third-order valence-electron chi connectivity index (χ3n) is 5.82. The van der Waals surface area contributed by atoms with E-state index in [-0.39, 0.29) is 17.7 Å². The average Bonchev–Trinajstić information content (AvgIpc) is 3.63. The Morgan fingerprint density at radius 3 is 2.70 bits per heavy atom. The Labute approximate surface area is 174 Å². The predicted octanol–water partition coefficient (Wildman–Crippen LogP) is 3.43. The molecule has 2 amide bonds. The van der Waals surface area contributed by atoms with Crippen LogP contribution in [0.4, 0.5) is 5.69 Å². The molecule has 0 aliphatic heterocycles. The van der Waals surface area contributed by atoms with Crippen LogP contribution in [-0.4, -0.2) is 26.6 Å². The number of aryl methyl sites for hydroxylation is 2. The SMILES string of the molecule is Cc1nn(C)c2nc(C3CC3)cc(C(=O)NCc3cccc(NC(=O)C4CC4)c3)c12. The normalized spacial score (nSPS) is 15.9. The first kappa shape index (κ1) is 18.8. The number of anilines is 1. The van der Waals surface area contributed by atoms with Crippen molar-refractivity contribution < 1.29 is 9.59 Å². The Morgan fingerprint density at radius 1 is 1.17 bits per heavy atom. The highest BCUT2D eigenvalue weighted by Gasteiger charge is 2.30. The molecular weight excluding hydrogens is 378 g/mol. The van der Waals surface area contributed by atoms with Crippen molar-refractivity contribution in [1.29, 1.82) is 0 Å². The molecule has 0 atom stereocenters. The molecule has 0 radical (unpaired) electrons. The minimum atomic E-state index is -0.132. The Bertz CT molecular complexity index is 1160. The van der Waals surface area contributed by atoms with Crippen molar-refractivity contribution in [2.24, 2.45) is 13.0 Å². The van der Waals surface area contributed by atoms with Gasteiger partial charge in [0.05, 0.1) is 16.6 Å². The van der Waals surface area contributed by atoms with Crippen LogP contribution in [0.1, 0.15) is 58.9 Å². The molecule has 5 rings (SSSR count). The molecule has 0 unspecified atom stereocenters. The lowest BCUT2D eigenvalue weighted by molar-refractivity contribution is -0.117. The molecule has 2 heterocycles. The number of benzene rings is 1. The van der Waals surface area contributed by atoms with Gasteiger partial charge in [-0.05, 0) is 56.4 Å². The first-order chi connectivity index (χ1) is 14.5. The van der Waals surface area contributed by atoms with Gasteiger partial charge in [0.2, 0.25) is 5.91 Å². The molecule has 2 aliphatic rings. The van der Waals surface area contributed by atoms with Gasteiger partial charge in [-0.25, -0.2) is 4.98 Å². The average molecular weight is 403 g/mol. The molecule has 3 aromatic rings. The minimum Gasteiger partial charge on any atom is -0.348 e. The summed E-state index contributed by atoms with van der Waals surface area (Å²) in [4.78, 5) is 29.9. The summed E-state index contributed by atoms with van der Waals surface area (Å²) in [6.45, 7) is 2.29. The molecule has 0 saturated heterocycles. The van der Waals surface area contributed by atoms with E-state index in [0.29, 0.717) is 18.0 Å². The lowest BCUT2D eigenvalue weighted by Crippen LogP contribution is -2.23. The van der Waals surface area contributed by atoms with E-state index >= 15 is 0 Å². The van der Waals surface area contributed by atoms with E-state index in [9.17, 15) is 9.59 Å². The van der Waals surface area contributed by atoms with Crippen molar-refractivity contribution in [3.05, 3.63) is 52.8 Å². The van der Waals surface area contributed by atoms with E-state index in [4.69, 9.17) is 4.98 Å². The van der Waals surface area contributed by atoms with Gasteiger partial charge in [0.15, 0.2) is 5.65 Å². The summed E-state index contributed by atoms with van der Waals surface area (Å²) >= 11 is 0. The Hall–Kier alpha value is -3.22. The Kier molecular flexibility index (Phi) is 4.53. The number of pyridine rings is 1. The number of hydrogen-bond donors (Lipinski definition) is 2. The van der Waals surface area contributed by atoms with Crippen molar-refractivity contribution in [3.8, 4) is 0 Å². The van der Waals surface area contributed by atoms with Crippen molar-refractivity contribution in [3.63, 3.8) is 0 Å². The van der Waals surface area contributed by atoms with Crippen LogP contribution in [0.25, 0.3) is 11.0 Å². The third-order valence-corrected chi connectivity index (χ3v) is 5.82. The molecule has 154 valence electrons. The number of fused-ring (bicyclic) bond motifs is 1. The molecule has 0 bridgehead atoms. The highest BCUT2D eigenvalue weighted by molar-refractivity contribution is 6.06. The van der Waals surface area contributed by atoms with Gasteiger partial charge in [-0.15, -0.1) is 0 Å². The smallest absolute Gasteiger partial charge is 0.252 e. The van der Waals surface area contributed by atoms with Gasteiger partial charge < -0.3 is 10.6 Å². The van der Waals surface area contributed by atoms with Crippen LogP contribution in [0, 0.1) is 12.8 Å². The van der Waals surface area contributed by atoms with Gasteiger partial charge in [-0.3, -0.25) is 14.3 Å². The Balaban J connectivity index is 1.35. The minimum absolute atomic E-state index is 0.0787. The van der Waals surface area contributed by atoms with Gasteiger partial charge in [0, 0.05) is 36.8 Å². The number of hydrogen-bond acceptors (Lipinski definition) is 4. The van der Waals surface area contributed by atoms with Crippen LogP contribution >= 0.6 is 0 Å². The number of aromatic nitrogens is 3. The number of amides is 2. The van der Waals surface area contributed by atoms with Crippen LogP contribution < -0.4 is 10.6 Å². The maximum atomic E-state index is 13.1. The van der Waals surface area contributed by atoms with Crippen molar-refractivity contribution >= 4 is 28.5 Å². The second kappa shape index (κ2) is 7.23. The van der Waals surface area contributed by atoms with E-state index in [1.54, 1.807) is 4.68 Å². The van der Waals surface area contributed by atoms with E-state index in [2.05, 4.69) is 15.7 Å². The molecule has 2 saturated carbocycles. The summed E-state index contributed by atoms with van der Waals surface area (Å²) in [6.07, 6.45) is 4.18. The first-order valence-electron chi connectivity index (χ1n) is 10.5. The van der Waals surface area contributed by atoms with Crippen LogP contribution in [0.5, 0.6) is 0 Å². The van der Waals surface area contributed by atoms with E-state index < -0.39 is 0 Å². The zero-order valence-electron chi connectivity index (χ0n) is 17.2. The first-order valence-corrected chi connectivity index (χ1v) is 10.5. The van der Waals surface area contributed by atoms with Crippen LogP contribution in [-0.2, 0) is 18.4 Å². The highest BCUT2D eigenvalue weighted by Crippen LogP contribution is 2.40. The van der Waals surface area contributed by atoms with Crippen molar-refractivity contribution in [2.75, 3.05) is 5.32 Å². The van der Waals surface area contributed by atoms with Crippen LogP contribution in [0.2, 0.25) is 0 Å². The summed E-state index contributed by atoms with van der Waals surface area (Å²) in [7, 11) is 1.86. The summed E-state index contributed by atoms with van der Waals surface area (Å²) < 4.78 is 1.75. The molecule has 1 aromatic carbocycles. The fraction of sp³-hybridized carbons (Fsp3) is 0.391. The standard InChI is InChI=1S/C23H25N5O2/c1-13-20-18(11-19(15-6-7-15)26-21(20)28(2)27-13)23(30)24-12-14-4-3-5-17(10-14)25-22(29)16-8-9-16/h3-5,10-11,15-16H,6-9,12H2,1-2H3,(H,24,30)(H,25,29). The maximum Gasteiger partial charge on any atom is 0.252 e. The Morgan fingerprint density at radius 2 is 1.97 bits per heavy atom. The summed E-state index contributed by atoms with van der Waals surface area (Å²) in [5.41, 5.74) is 4.87. The second-order valence-electron chi connectivity index (χ2n) is 8.42. The number of rotatable bonds is 6. The maximum absolute atomic E-state index is 13.1. The summed E-state index contributed by atoms with van der Waals surface area (Å²) in [5, 5.41) is 11.3. The molecule has 30 heavy (non-hydrogen) atoms. The van der Waals surface area contributed by atoms with E-state index in [0.717, 1.165) is 59.4 Å². The number of carbonyl (C=O) groups is 2. The molecule has 7 nitrogen and oxygen atoms in total. The van der Waals surface area contributed by atoms with Gasteiger partial charge in [0.25, 0.3) is 5.91 Å². The zero-order chi connectivity index (χ0) is 20.8.